The average Bonchev–Trinajstić information content (AvgIpc) is 3.66. The molecule has 14 heteroatoms. The van der Waals surface area contributed by atoms with Crippen LogP contribution in [0.15, 0.2) is 67.3 Å². The number of carbonyl (C=O) groups excluding carboxylic acids is 3. The van der Waals surface area contributed by atoms with Crippen molar-refractivity contribution >= 4 is 34.6 Å². The summed E-state index contributed by atoms with van der Waals surface area (Å²) in [6, 6.07) is 8.24. The third-order valence-corrected chi connectivity index (χ3v) is 6.87. The monoisotopic (exact) mass is 591 g/mol. The van der Waals surface area contributed by atoms with E-state index in [0.29, 0.717) is 11.3 Å². The highest BCUT2D eigenvalue weighted by Gasteiger charge is 2.31. The molecule has 0 fully saturated rings. The van der Waals surface area contributed by atoms with E-state index >= 15 is 0 Å². The first-order valence-corrected chi connectivity index (χ1v) is 13.4. The standard InChI is InChI=1S/C29H33N7O7/c30-21(10-17-12-32-22-4-2-1-3-20(17)22)26(39)36-25(14-37)28(41)34-23(9-16-5-7-19(38)8-6-16)27(40)35-24(29(42)43)11-18-13-31-15-33-18/h1-8,12-13,15,21,23-25,32,37-38H,9-11,14,30H2,(H,31,33)(H,34,41)(H,35,40)(H,36,39)(H,42,43). The topological polar surface area (TPSA) is 236 Å². The van der Waals surface area contributed by atoms with E-state index < -0.39 is 54.5 Å². The van der Waals surface area contributed by atoms with Gasteiger partial charge in [0.1, 0.15) is 23.9 Å². The molecule has 0 aliphatic rings. The Bertz CT molecular complexity index is 1550. The van der Waals surface area contributed by atoms with Gasteiger partial charge in [0.2, 0.25) is 17.7 Å². The normalized spacial score (nSPS) is 13.9. The number of aromatic amines is 2. The second-order valence-electron chi connectivity index (χ2n) is 10.0. The van der Waals surface area contributed by atoms with E-state index in [4.69, 9.17) is 5.73 Å². The quantitative estimate of drug-likeness (QED) is 0.0916. The first kappa shape index (κ1) is 30.7. The molecule has 0 bridgehead atoms. The van der Waals surface area contributed by atoms with Gasteiger partial charge in [-0.25, -0.2) is 9.78 Å². The number of phenols is 1. The Morgan fingerprint density at radius 2 is 1.51 bits per heavy atom. The number of nitrogens with one attached hydrogen (secondary N) is 5. The predicted molar refractivity (Wildman–Crippen MR) is 155 cm³/mol. The van der Waals surface area contributed by atoms with Crippen LogP contribution in [0.4, 0.5) is 0 Å². The van der Waals surface area contributed by atoms with Crippen molar-refractivity contribution in [1.82, 2.24) is 30.9 Å². The summed E-state index contributed by atoms with van der Waals surface area (Å²) in [6.07, 6.45) is 4.53. The van der Waals surface area contributed by atoms with Crippen molar-refractivity contribution in [3.05, 3.63) is 84.1 Å². The lowest BCUT2D eigenvalue weighted by Crippen LogP contribution is -2.58. The molecule has 0 saturated heterocycles. The maximum atomic E-state index is 13.3. The van der Waals surface area contributed by atoms with E-state index in [1.54, 1.807) is 6.20 Å². The Kier molecular flexibility index (Phi) is 10.1. The highest BCUT2D eigenvalue weighted by atomic mass is 16.4. The molecule has 226 valence electrons. The molecule has 0 aliphatic carbocycles. The number of nitrogens with two attached hydrogens (primary N) is 1. The Balaban J connectivity index is 1.44. The van der Waals surface area contributed by atoms with Gasteiger partial charge < -0.3 is 47.0 Å². The number of carbonyl (C=O) groups is 4. The number of aliphatic hydroxyl groups is 1. The molecular weight excluding hydrogens is 558 g/mol. The number of aromatic nitrogens is 3. The van der Waals surface area contributed by atoms with Crippen LogP contribution in [0, 0.1) is 0 Å². The lowest BCUT2D eigenvalue weighted by molar-refractivity contribution is -0.142. The number of phenolic OH excluding ortho intramolecular Hbond substituents is 1. The summed E-state index contributed by atoms with van der Waals surface area (Å²) in [5, 5.41) is 37.5. The minimum atomic E-state index is -1.45. The average molecular weight is 592 g/mol. The van der Waals surface area contributed by atoms with Crippen LogP contribution in [0.2, 0.25) is 0 Å². The van der Waals surface area contributed by atoms with Crippen molar-refractivity contribution in [2.45, 2.75) is 43.4 Å². The van der Waals surface area contributed by atoms with Crippen LogP contribution in [-0.2, 0) is 38.4 Å². The number of aliphatic hydroxyl groups excluding tert-OH is 1. The first-order valence-electron chi connectivity index (χ1n) is 13.4. The molecule has 0 spiro atoms. The predicted octanol–water partition coefficient (Wildman–Crippen LogP) is -0.517. The number of nitrogens with zero attached hydrogens (tertiary/aromatic N) is 1. The molecule has 0 saturated carbocycles. The molecule has 43 heavy (non-hydrogen) atoms. The number of fused-ring (bicyclic) bond motifs is 1. The Hall–Kier alpha value is -5.21. The van der Waals surface area contributed by atoms with E-state index in [1.807, 2.05) is 24.3 Å². The summed E-state index contributed by atoms with van der Waals surface area (Å²) in [4.78, 5) is 60.9. The van der Waals surface area contributed by atoms with Gasteiger partial charge >= 0.3 is 5.97 Å². The highest BCUT2D eigenvalue weighted by molar-refractivity contribution is 5.94. The Morgan fingerprint density at radius 1 is 0.837 bits per heavy atom. The minimum absolute atomic E-state index is 0.00804. The number of imidazole rings is 1. The zero-order valence-corrected chi connectivity index (χ0v) is 23.0. The zero-order chi connectivity index (χ0) is 30.9. The van der Waals surface area contributed by atoms with Crippen molar-refractivity contribution in [3.8, 4) is 5.75 Å². The molecule has 3 amide bonds. The van der Waals surface area contributed by atoms with Crippen LogP contribution in [0.25, 0.3) is 10.9 Å². The van der Waals surface area contributed by atoms with E-state index in [2.05, 4.69) is 30.9 Å². The van der Waals surface area contributed by atoms with Crippen molar-refractivity contribution in [3.63, 3.8) is 0 Å². The smallest absolute Gasteiger partial charge is 0.326 e. The van der Waals surface area contributed by atoms with E-state index in [1.165, 1.54) is 36.8 Å². The second kappa shape index (κ2) is 14.1. The molecule has 0 aliphatic heterocycles. The molecule has 2 aromatic heterocycles. The van der Waals surface area contributed by atoms with Gasteiger partial charge in [-0.05, 0) is 35.7 Å². The van der Waals surface area contributed by atoms with Gasteiger partial charge in [-0.2, -0.15) is 0 Å². The maximum absolute atomic E-state index is 13.3. The first-order chi connectivity index (χ1) is 20.6. The summed E-state index contributed by atoms with van der Waals surface area (Å²) in [6.45, 7) is -0.789. The summed E-state index contributed by atoms with van der Waals surface area (Å²) in [5.41, 5.74) is 8.82. The number of H-pyrrole nitrogens is 2. The molecule has 10 N–H and O–H groups in total. The number of rotatable bonds is 14. The lowest BCUT2D eigenvalue weighted by Gasteiger charge is -2.24. The fourth-order valence-corrected chi connectivity index (χ4v) is 4.54. The molecule has 4 aromatic rings. The largest absolute Gasteiger partial charge is 0.508 e. The molecule has 4 rings (SSSR count). The van der Waals surface area contributed by atoms with Crippen LogP contribution in [0.1, 0.15) is 16.8 Å². The van der Waals surface area contributed by atoms with Gasteiger partial charge in [0.25, 0.3) is 0 Å². The fraction of sp³-hybridized carbons (Fsp3) is 0.276. The SMILES string of the molecule is NC(Cc1c[nH]c2ccccc12)C(=O)NC(CO)C(=O)NC(Cc1ccc(O)cc1)C(=O)NC(Cc1cnc[nH]1)C(=O)O. The lowest BCUT2D eigenvalue weighted by atomic mass is 10.0. The molecule has 14 nitrogen and oxygen atoms in total. The van der Waals surface area contributed by atoms with E-state index in [0.717, 1.165) is 16.5 Å². The molecule has 4 unspecified atom stereocenters. The molecular formula is C29H33N7O7. The summed E-state index contributed by atoms with van der Waals surface area (Å²) in [5.74, 6) is -3.69. The zero-order valence-electron chi connectivity index (χ0n) is 23.0. The number of para-hydroxylation sites is 1. The minimum Gasteiger partial charge on any atom is -0.508 e. The number of carboxylic acid groups (broad SMARTS) is 1. The number of aromatic hydroxyl groups is 1. The number of carboxylic acids is 1. The third-order valence-electron chi connectivity index (χ3n) is 6.87. The molecule has 2 heterocycles. The summed E-state index contributed by atoms with van der Waals surface area (Å²) < 4.78 is 0. The van der Waals surface area contributed by atoms with Crippen LogP contribution < -0.4 is 21.7 Å². The Morgan fingerprint density at radius 3 is 2.19 bits per heavy atom. The van der Waals surface area contributed by atoms with Crippen LogP contribution in [0.3, 0.4) is 0 Å². The van der Waals surface area contributed by atoms with Gasteiger partial charge in [-0.3, -0.25) is 14.4 Å². The summed E-state index contributed by atoms with van der Waals surface area (Å²) in [7, 11) is 0. The van der Waals surface area contributed by atoms with Gasteiger partial charge in [0.15, 0.2) is 0 Å². The molecule has 2 aromatic carbocycles. The second-order valence-corrected chi connectivity index (χ2v) is 10.0. The van der Waals surface area contributed by atoms with E-state index in [9.17, 15) is 34.5 Å². The summed E-state index contributed by atoms with van der Waals surface area (Å²) >= 11 is 0. The highest BCUT2D eigenvalue weighted by Crippen LogP contribution is 2.19. The van der Waals surface area contributed by atoms with Gasteiger partial charge in [0, 0.05) is 41.8 Å². The molecule has 4 atom stereocenters. The van der Waals surface area contributed by atoms with Crippen molar-refractivity contribution in [2.75, 3.05) is 6.61 Å². The number of benzene rings is 2. The Labute approximate surface area is 245 Å². The van der Waals surface area contributed by atoms with Gasteiger partial charge in [-0.1, -0.05) is 30.3 Å². The van der Waals surface area contributed by atoms with Gasteiger partial charge in [-0.15, -0.1) is 0 Å². The number of hydrogen-bond acceptors (Lipinski definition) is 8. The van der Waals surface area contributed by atoms with Crippen LogP contribution in [0.5, 0.6) is 5.75 Å². The van der Waals surface area contributed by atoms with Gasteiger partial charge in [0.05, 0.1) is 19.0 Å². The third kappa shape index (κ3) is 8.18. The van der Waals surface area contributed by atoms with Crippen LogP contribution in [-0.4, -0.2) is 84.7 Å². The maximum Gasteiger partial charge on any atom is 0.326 e. The van der Waals surface area contributed by atoms with Crippen molar-refractivity contribution in [2.24, 2.45) is 5.73 Å². The number of hydrogen-bond donors (Lipinski definition) is 9. The molecule has 0 radical (unpaired) electrons. The van der Waals surface area contributed by atoms with E-state index in [-0.39, 0.29) is 25.0 Å². The van der Waals surface area contributed by atoms with Crippen molar-refractivity contribution in [1.29, 1.82) is 0 Å². The fourth-order valence-electron chi connectivity index (χ4n) is 4.54. The van der Waals surface area contributed by atoms with Crippen molar-refractivity contribution < 1.29 is 34.5 Å². The number of aliphatic carboxylic acids is 1. The number of amides is 3. The van der Waals surface area contributed by atoms with Crippen LogP contribution >= 0.6 is 0 Å².